The largest absolute Gasteiger partial charge is 0.503 e. The summed E-state index contributed by atoms with van der Waals surface area (Å²) in [4.78, 5) is 23.8. The number of nitrogens with zero attached hydrogens (tertiary/aromatic N) is 1. The Morgan fingerprint density at radius 1 is 0.659 bits per heavy atom. The van der Waals surface area contributed by atoms with E-state index in [0.29, 0.717) is 30.6 Å². The maximum atomic E-state index is 12.2. The summed E-state index contributed by atoms with van der Waals surface area (Å²) in [5.74, 6) is -1.92. The molecule has 0 aliphatic carbocycles. The summed E-state index contributed by atoms with van der Waals surface area (Å²) in [5.41, 5.74) is -0.00553. The number of carbonyl (C=O) groups is 1. The van der Waals surface area contributed by atoms with Gasteiger partial charge in [-0.15, -0.1) is 0 Å². The van der Waals surface area contributed by atoms with Crippen LogP contribution in [0.2, 0.25) is 0 Å². The molecule has 0 amide bonds. The van der Waals surface area contributed by atoms with Crippen LogP contribution in [0.3, 0.4) is 0 Å². The van der Waals surface area contributed by atoms with Gasteiger partial charge in [0.25, 0.3) is 5.69 Å². The Kier molecular flexibility index (Phi) is 20.8. The summed E-state index contributed by atoms with van der Waals surface area (Å²) in [6, 6.07) is 0. The normalized spacial score (nSPS) is 11.2. The minimum Gasteiger partial charge on any atom is -0.503 e. The number of hydrogen-bond acceptors (Lipinski definition) is 5. The van der Waals surface area contributed by atoms with Gasteiger partial charge < -0.3 is 14.9 Å². The van der Waals surface area contributed by atoms with Crippen LogP contribution < -0.4 is 4.74 Å². The van der Waals surface area contributed by atoms with E-state index in [1.54, 1.807) is 0 Å². The molecule has 0 saturated heterocycles. The van der Waals surface area contributed by atoms with Crippen LogP contribution in [0.15, 0.2) is 0 Å². The van der Waals surface area contributed by atoms with Crippen molar-refractivity contribution in [2.75, 3.05) is 6.61 Å². The number of unbranched alkanes of at least 4 members (excludes halogenated alkanes) is 18. The van der Waals surface area contributed by atoms with Crippen LogP contribution >= 0.6 is 0 Å². The molecule has 0 bridgehead atoms. The van der Waals surface area contributed by atoms with Gasteiger partial charge in [-0.05, 0) is 32.1 Å². The monoisotopic (exact) mass is 577 g/mol. The van der Waals surface area contributed by atoms with E-state index >= 15 is 0 Å². The van der Waals surface area contributed by atoms with Gasteiger partial charge in [0.1, 0.15) is 0 Å². The van der Waals surface area contributed by atoms with Crippen LogP contribution in [0.25, 0.3) is 0 Å². The van der Waals surface area contributed by atoms with Crippen LogP contribution in [0, 0.1) is 10.1 Å². The van der Waals surface area contributed by atoms with Crippen LogP contribution in [0.5, 0.6) is 11.5 Å². The number of hydrogen-bond donors (Lipinski definition) is 2. The van der Waals surface area contributed by atoms with Crippen LogP contribution in [-0.4, -0.2) is 27.7 Å². The molecule has 0 unspecified atom stereocenters. The van der Waals surface area contributed by atoms with E-state index in [1.165, 1.54) is 70.6 Å². The molecule has 0 fully saturated rings. The summed E-state index contributed by atoms with van der Waals surface area (Å²) in [5, 5.41) is 33.3. The highest BCUT2D eigenvalue weighted by Gasteiger charge is 2.35. The lowest BCUT2D eigenvalue weighted by molar-refractivity contribution is -0.386. The molecular formula is C34H59NO6. The van der Waals surface area contributed by atoms with Gasteiger partial charge in [0, 0.05) is 11.1 Å². The van der Waals surface area contributed by atoms with Crippen molar-refractivity contribution in [3.8, 4) is 11.5 Å². The molecule has 0 atom stereocenters. The fourth-order valence-corrected chi connectivity index (χ4v) is 5.64. The second-order valence-electron chi connectivity index (χ2n) is 11.6. The molecule has 1 aromatic carbocycles. The van der Waals surface area contributed by atoms with Crippen molar-refractivity contribution in [1.82, 2.24) is 0 Å². The Morgan fingerprint density at radius 3 is 1.46 bits per heavy atom. The highest BCUT2D eigenvalue weighted by Crippen LogP contribution is 2.45. The Morgan fingerprint density at radius 2 is 1.05 bits per heavy atom. The molecule has 0 aliphatic heterocycles. The summed E-state index contributed by atoms with van der Waals surface area (Å²) in [6.45, 7) is 6.94. The van der Waals surface area contributed by atoms with Crippen LogP contribution in [0.1, 0.15) is 177 Å². The first kappa shape index (κ1) is 36.7. The molecule has 1 rings (SSSR count). The van der Waals surface area contributed by atoms with E-state index in [9.17, 15) is 25.1 Å². The maximum absolute atomic E-state index is 12.2. The van der Waals surface area contributed by atoms with Gasteiger partial charge in [0.15, 0.2) is 17.1 Å². The molecule has 7 heteroatoms. The van der Waals surface area contributed by atoms with Crippen LogP contribution in [-0.2, 0) is 12.8 Å². The Balaban J connectivity index is 3.18. The molecule has 236 valence electrons. The van der Waals surface area contributed by atoms with E-state index in [1.807, 2.05) is 0 Å². The Labute approximate surface area is 249 Å². The Bertz CT molecular complexity index is 870. The Hall–Kier alpha value is -2.31. The number of carboxylic acid groups (broad SMARTS) is 1. The van der Waals surface area contributed by atoms with E-state index in [-0.39, 0.29) is 5.75 Å². The second-order valence-corrected chi connectivity index (χ2v) is 11.6. The van der Waals surface area contributed by atoms with Crippen molar-refractivity contribution in [2.24, 2.45) is 0 Å². The van der Waals surface area contributed by atoms with E-state index < -0.39 is 27.9 Å². The number of nitro groups is 1. The summed E-state index contributed by atoms with van der Waals surface area (Å²) in [7, 11) is 0. The first-order valence-corrected chi connectivity index (χ1v) is 16.8. The van der Waals surface area contributed by atoms with Crippen LogP contribution in [0.4, 0.5) is 5.69 Å². The summed E-state index contributed by atoms with van der Waals surface area (Å²) in [6.07, 6.45) is 24.0. The third kappa shape index (κ3) is 14.4. The molecule has 0 aliphatic rings. The number of rotatable bonds is 27. The van der Waals surface area contributed by atoms with Gasteiger partial charge >= 0.3 is 5.97 Å². The zero-order chi connectivity index (χ0) is 30.3. The highest BCUT2D eigenvalue weighted by molar-refractivity contribution is 5.98. The van der Waals surface area contributed by atoms with Crippen molar-refractivity contribution in [2.45, 2.75) is 168 Å². The van der Waals surface area contributed by atoms with Crippen molar-refractivity contribution in [3.05, 3.63) is 26.8 Å². The average molecular weight is 578 g/mol. The minimum atomic E-state index is -1.49. The van der Waals surface area contributed by atoms with E-state index in [2.05, 4.69) is 20.8 Å². The lowest BCUT2D eigenvalue weighted by Gasteiger charge is -2.20. The SMILES string of the molecule is CCCCCCCCCOc1c(O)c(C(=O)O)c([N+](=O)[O-])c(CCCCCCCCC)c1CCCCCCCCC. The number of aromatic hydroxyl groups is 1. The molecule has 0 heterocycles. The standard InChI is InChI=1S/C34H59NO6/c1-4-7-10-13-16-19-22-25-28-29(26-23-20-17-14-11-8-5-2)33(41-27-24-21-18-15-12-9-6-3)32(36)30(34(37)38)31(28)35(39)40/h36H,4-27H2,1-3H3,(H,37,38). The number of ether oxygens (including phenoxy) is 1. The third-order valence-electron chi connectivity index (χ3n) is 8.06. The number of carboxylic acids is 1. The van der Waals surface area contributed by atoms with Gasteiger partial charge in [-0.2, -0.15) is 0 Å². The van der Waals surface area contributed by atoms with Gasteiger partial charge in [0.2, 0.25) is 0 Å². The summed E-state index contributed by atoms with van der Waals surface area (Å²) >= 11 is 0. The highest BCUT2D eigenvalue weighted by atomic mass is 16.6. The van der Waals surface area contributed by atoms with Crippen molar-refractivity contribution in [3.63, 3.8) is 0 Å². The zero-order valence-electron chi connectivity index (χ0n) is 26.4. The van der Waals surface area contributed by atoms with E-state index in [4.69, 9.17) is 4.74 Å². The molecule has 2 N–H and O–H groups in total. The average Bonchev–Trinajstić information content (AvgIpc) is 2.94. The lowest BCUT2D eigenvalue weighted by Crippen LogP contribution is -2.13. The van der Waals surface area contributed by atoms with Crippen molar-refractivity contribution >= 4 is 11.7 Å². The van der Waals surface area contributed by atoms with Crippen molar-refractivity contribution in [1.29, 1.82) is 0 Å². The summed E-state index contributed by atoms with van der Waals surface area (Å²) < 4.78 is 6.11. The van der Waals surface area contributed by atoms with Crippen molar-refractivity contribution < 1.29 is 24.7 Å². The molecule has 0 aromatic heterocycles. The maximum Gasteiger partial charge on any atom is 0.346 e. The van der Waals surface area contributed by atoms with Gasteiger partial charge in [-0.1, -0.05) is 136 Å². The molecular weight excluding hydrogens is 518 g/mol. The first-order chi connectivity index (χ1) is 19.9. The number of nitro benzene ring substituents is 1. The molecule has 1 aromatic rings. The fraction of sp³-hybridized carbons (Fsp3) is 0.794. The molecule has 0 radical (unpaired) electrons. The predicted molar refractivity (Wildman–Crippen MR) is 169 cm³/mol. The third-order valence-corrected chi connectivity index (χ3v) is 8.06. The lowest BCUT2D eigenvalue weighted by atomic mass is 9.90. The number of aromatic carboxylic acids is 1. The fourth-order valence-electron chi connectivity index (χ4n) is 5.64. The zero-order valence-corrected chi connectivity index (χ0v) is 26.4. The quantitative estimate of drug-likeness (QED) is 0.0611. The molecule has 7 nitrogen and oxygen atoms in total. The number of benzene rings is 1. The minimum absolute atomic E-state index is 0.155. The van der Waals surface area contributed by atoms with Gasteiger partial charge in [0.05, 0.1) is 11.5 Å². The van der Waals surface area contributed by atoms with E-state index in [0.717, 1.165) is 64.2 Å². The second kappa shape index (κ2) is 23.3. The molecule has 0 saturated carbocycles. The first-order valence-electron chi connectivity index (χ1n) is 16.8. The smallest absolute Gasteiger partial charge is 0.346 e. The number of phenols is 1. The predicted octanol–water partition coefficient (Wildman–Crippen LogP) is 10.7. The molecule has 0 spiro atoms. The topological polar surface area (TPSA) is 110 Å². The van der Waals surface area contributed by atoms with Gasteiger partial charge in [-0.25, -0.2) is 4.79 Å². The molecule has 41 heavy (non-hydrogen) atoms. The van der Waals surface area contributed by atoms with Gasteiger partial charge in [-0.3, -0.25) is 10.1 Å².